The van der Waals surface area contributed by atoms with Crippen LogP contribution < -0.4 is 16.0 Å². The van der Waals surface area contributed by atoms with Crippen molar-refractivity contribution in [3.63, 3.8) is 0 Å². The Bertz CT molecular complexity index is 502. The summed E-state index contributed by atoms with van der Waals surface area (Å²) in [7, 11) is 4.22. The van der Waals surface area contributed by atoms with Crippen LogP contribution in [-0.4, -0.2) is 44.8 Å². The van der Waals surface area contributed by atoms with Crippen molar-refractivity contribution < 1.29 is 0 Å². The second kappa shape index (κ2) is 10.0. The molecule has 0 saturated heterocycles. The van der Waals surface area contributed by atoms with Crippen molar-refractivity contribution in [2.45, 2.75) is 58.5 Å². The monoisotopic (exact) mass is 346 g/mol. The fourth-order valence-corrected chi connectivity index (χ4v) is 3.60. The van der Waals surface area contributed by atoms with Gasteiger partial charge in [0.25, 0.3) is 0 Å². The number of rotatable bonds is 10. The van der Waals surface area contributed by atoms with Gasteiger partial charge in [0.1, 0.15) is 0 Å². The SMILES string of the molecule is C=C(/C=C(/C)CC(NCCC)NC1=C(NC)CCN(C)C1)C1CCC1. The van der Waals surface area contributed by atoms with Crippen LogP contribution in [0.3, 0.4) is 0 Å². The normalized spacial score (nSPS) is 21.0. The molecular weight excluding hydrogens is 308 g/mol. The third-order valence-electron chi connectivity index (χ3n) is 5.41. The molecule has 2 rings (SSSR count). The van der Waals surface area contributed by atoms with Crippen LogP contribution in [0, 0.1) is 5.92 Å². The van der Waals surface area contributed by atoms with E-state index in [2.05, 4.69) is 54.4 Å². The highest BCUT2D eigenvalue weighted by Gasteiger charge is 2.21. The van der Waals surface area contributed by atoms with Crippen LogP contribution in [-0.2, 0) is 0 Å². The average Bonchev–Trinajstić information content (AvgIpc) is 2.50. The maximum absolute atomic E-state index is 4.29. The van der Waals surface area contributed by atoms with E-state index in [-0.39, 0.29) is 6.17 Å². The molecule has 25 heavy (non-hydrogen) atoms. The Labute approximate surface area is 154 Å². The summed E-state index contributed by atoms with van der Waals surface area (Å²) in [5, 5.41) is 10.8. The van der Waals surface area contributed by atoms with Crippen molar-refractivity contribution in [3.8, 4) is 0 Å². The highest BCUT2D eigenvalue weighted by Crippen LogP contribution is 2.33. The number of nitrogens with one attached hydrogen (secondary N) is 3. The summed E-state index contributed by atoms with van der Waals surface area (Å²) in [5.41, 5.74) is 5.41. The first-order valence-electron chi connectivity index (χ1n) is 9.97. The fourth-order valence-electron chi connectivity index (χ4n) is 3.60. The molecule has 1 aliphatic carbocycles. The molecule has 0 amide bonds. The summed E-state index contributed by atoms with van der Waals surface area (Å²) >= 11 is 0. The van der Waals surface area contributed by atoms with Crippen molar-refractivity contribution >= 4 is 0 Å². The molecule has 1 fully saturated rings. The number of allylic oxidation sites excluding steroid dienone is 2. The second-order valence-electron chi connectivity index (χ2n) is 7.74. The molecule has 3 N–H and O–H groups in total. The van der Waals surface area contributed by atoms with Gasteiger partial charge in [-0.2, -0.15) is 0 Å². The lowest BCUT2D eigenvalue weighted by molar-refractivity contribution is 0.319. The summed E-state index contributed by atoms with van der Waals surface area (Å²) in [6.07, 6.45) is 9.86. The minimum absolute atomic E-state index is 0.273. The quantitative estimate of drug-likeness (QED) is 0.419. The van der Waals surface area contributed by atoms with Gasteiger partial charge in [0, 0.05) is 44.4 Å². The molecule has 0 aromatic carbocycles. The van der Waals surface area contributed by atoms with Gasteiger partial charge < -0.3 is 15.5 Å². The van der Waals surface area contributed by atoms with E-state index >= 15 is 0 Å². The lowest BCUT2D eigenvalue weighted by Crippen LogP contribution is -2.47. The number of likely N-dealkylation sites (N-methyl/N-ethyl adjacent to an activating group) is 1. The Morgan fingerprint density at radius 2 is 2.12 bits per heavy atom. The zero-order valence-corrected chi connectivity index (χ0v) is 16.8. The lowest BCUT2D eigenvalue weighted by atomic mass is 9.79. The third-order valence-corrected chi connectivity index (χ3v) is 5.41. The number of hydrogen-bond donors (Lipinski definition) is 3. The molecule has 0 bridgehead atoms. The third kappa shape index (κ3) is 6.19. The van der Waals surface area contributed by atoms with Crippen LogP contribution in [0.1, 0.15) is 52.4 Å². The van der Waals surface area contributed by atoms with E-state index < -0.39 is 0 Å². The predicted molar refractivity (Wildman–Crippen MR) is 108 cm³/mol. The molecule has 0 aromatic rings. The summed E-state index contributed by atoms with van der Waals surface area (Å²) in [6.45, 7) is 11.9. The molecular formula is C21H38N4. The zero-order valence-electron chi connectivity index (χ0n) is 16.8. The Morgan fingerprint density at radius 3 is 2.72 bits per heavy atom. The van der Waals surface area contributed by atoms with Crippen molar-refractivity contribution in [1.29, 1.82) is 0 Å². The molecule has 0 aromatic heterocycles. The van der Waals surface area contributed by atoms with Gasteiger partial charge in [0.15, 0.2) is 0 Å². The van der Waals surface area contributed by atoms with Crippen LogP contribution in [0.5, 0.6) is 0 Å². The van der Waals surface area contributed by atoms with Crippen LogP contribution >= 0.6 is 0 Å². The van der Waals surface area contributed by atoms with Crippen LogP contribution in [0.15, 0.2) is 35.2 Å². The first-order chi connectivity index (χ1) is 12.0. The van der Waals surface area contributed by atoms with E-state index in [0.29, 0.717) is 0 Å². The second-order valence-corrected chi connectivity index (χ2v) is 7.74. The van der Waals surface area contributed by atoms with E-state index in [1.165, 1.54) is 41.8 Å². The lowest BCUT2D eigenvalue weighted by Gasteiger charge is -2.32. The van der Waals surface area contributed by atoms with Crippen molar-refractivity contribution in [3.05, 3.63) is 35.2 Å². The Balaban J connectivity index is 2.00. The first-order valence-corrected chi connectivity index (χ1v) is 9.97. The minimum Gasteiger partial charge on any atom is -0.390 e. The van der Waals surface area contributed by atoms with Gasteiger partial charge in [-0.1, -0.05) is 37.1 Å². The molecule has 1 saturated carbocycles. The number of nitrogens with zero attached hydrogens (tertiary/aromatic N) is 1. The molecule has 4 heteroatoms. The summed E-state index contributed by atoms with van der Waals surface area (Å²) in [4.78, 5) is 2.38. The molecule has 142 valence electrons. The topological polar surface area (TPSA) is 39.3 Å². The molecule has 0 radical (unpaired) electrons. The minimum atomic E-state index is 0.273. The molecule has 1 unspecified atom stereocenters. The fraction of sp³-hybridized carbons (Fsp3) is 0.714. The molecule has 4 nitrogen and oxygen atoms in total. The van der Waals surface area contributed by atoms with Gasteiger partial charge in [0.05, 0.1) is 6.17 Å². The van der Waals surface area contributed by atoms with Crippen LogP contribution in [0.25, 0.3) is 0 Å². The van der Waals surface area contributed by atoms with Gasteiger partial charge in [-0.05, 0) is 45.7 Å². The van der Waals surface area contributed by atoms with Crippen molar-refractivity contribution in [2.75, 3.05) is 33.7 Å². The van der Waals surface area contributed by atoms with Gasteiger partial charge in [-0.25, -0.2) is 0 Å². The largest absolute Gasteiger partial charge is 0.390 e. The Hall–Kier alpha value is -1.26. The molecule has 1 atom stereocenters. The van der Waals surface area contributed by atoms with Crippen molar-refractivity contribution in [2.24, 2.45) is 5.92 Å². The zero-order chi connectivity index (χ0) is 18.2. The summed E-state index contributed by atoms with van der Waals surface area (Å²) in [6, 6.07) is 0. The van der Waals surface area contributed by atoms with Gasteiger partial charge in [-0.15, -0.1) is 0 Å². The molecule has 1 heterocycles. The van der Waals surface area contributed by atoms with Crippen LogP contribution in [0.4, 0.5) is 0 Å². The van der Waals surface area contributed by atoms with Crippen molar-refractivity contribution in [1.82, 2.24) is 20.9 Å². The van der Waals surface area contributed by atoms with E-state index in [1.54, 1.807) is 0 Å². The Kier molecular flexibility index (Phi) is 8.04. The first kappa shape index (κ1) is 20.1. The molecule has 2 aliphatic rings. The highest BCUT2D eigenvalue weighted by atomic mass is 15.2. The van der Waals surface area contributed by atoms with Gasteiger partial charge in [0.2, 0.25) is 0 Å². The van der Waals surface area contributed by atoms with E-state index in [0.717, 1.165) is 44.8 Å². The standard InChI is InChI=1S/C21H38N4/c1-6-11-23-21(14-16(2)13-17(3)18-8-7-9-18)24-20-15-25(5)12-10-19(20)22-4/h13,18,21-24H,3,6-12,14-15H2,1-2,4-5H3/b16-13-. The number of hydrogen-bond acceptors (Lipinski definition) is 4. The van der Waals surface area contributed by atoms with Crippen LogP contribution in [0.2, 0.25) is 0 Å². The molecule has 0 spiro atoms. The Morgan fingerprint density at radius 1 is 1.36 bits per heavy atom. The van der Waals surface area contributed by atoms with E-state index in [9.17, 15) is 0 Å². The predicted octanol–water partition coefficient (Wildman–Crippen LogP) is 3.36. The maximum atomic E-state index is 4.29. The summed E-state index contributed by atoms with van der Waals surface area (Å²) in [5.74, 6) is 0.732. The summed E-state index contributed by atoms with van der Waals surface area (Å²) < 4.78 is 0. The maximum Gasteiger partial charge on any atom is 0.0804 e. The van der Waals surface area contributed by atoms with Gasteiger partial charge >= 0.3 is 0 Å². The highest BCUT2D eigenvalue weighted by molar-refractivity contribution is 5.24. The molecule has 1 aliphatic heterocycles. The van der Waals surface area contributed by atoms with E-state index in [1.807, 2.05) is 7.05 Å². The van der Waals surface area contributed by atoms with Gasteiger partial charge in [-0.3, -0.25) is 5.32 Å². The average molecular weight is 347 g/mol. The van der Waals surface area contributed by atoms with E-state index in [4.69, 9.17) is 0 Å². The smallest absolute Gasteiger partial charge is 0.0804 e.